The summed E-state index contributed by atoms with van der Waals surface area (Å²) in [7, 11) is 0. The van der Waals surface area contributed by atoms with Gasteiger partial charge in [-0.1, -0.05) is 13.0 Å². The number of nitrogens with zero attached hydrogens (tertiary/aromatic N) is 1. The molecular formula is C9H13N3O. The summed E-state index contributed by atoms with van der Waals surface area (Å²) in [6.07, 6.45) is 0.218. The Kier molecular flexibility index (Phi) is 1.84. The van der Waals surface area contributed by atoms with Crippen LogP contribution in [0.15, 0.2) is 12.1 Å². The Morgan fingerprint density at radius 1 is 1.62 bits per heavy atom. The highest BCUT2D eigenvalue weighted by Crippen LogP contribution is 2.32. The third-order valence-electron chi connectivity index (χ3n) is 2.36. The van der Waals surface area contributed by atoms with Gasteiger partial charge in [-0.3, -0.25) is 0 Å². The molecule has 4 heteroatoms. The van der Waals surface area contributed by atoms with Gasteiger partial charge in [-0.15, -0.1) is 0 Å². The number of aromatic nitrogens is 1. The largest absolute Gasteiger partial charge is 0.384 e. The van der Waals surface area contributed by atoms with E-state index < -0.39 is 6.23 Å². The van der Waals surface area contributed by atoms with Gasteiger partial charge in [0.2, 0.25) is 0 Å². The summed E-state index contributed by atoms with van der Waals surface area (Å²) in [4.78, 5) is 4.12. The second kappa shape index (κ2) is 2.88. The molecule has 70 valence electrons. The molecule has 0 fully saturated rings. The Morgan fingerprint density at radius 2 is 2.38 bits per heavy atom. The molecule has 1 aromatic rings. The van der Waals surface area contributed by atoms with E-state index in [1.165, 1.54) is 0 Å². The lowest BCUT2D eigenvalue weighted by Crippen LogP contribution is -2.27. The lowest BCUT2D eigenvalue weighted by molar-refractivity contribution is 0.179. The van der Waals surface area contributed by atoms with Crippen molar-refractivity contribution in [3.05, 3.63) is 17.7 Å². The summed E-state index contributed by atoms with van der Waals surface area (Å²) >= 11 is 0. The van der Waals surface area contributed by atoms with Crippen LogP contribution in [-0.4, -0.2) is 16.3 Å². The van der Waals surface area contributed by atoms with Crippen LogP contribution in [0.2, 0.25) is 0 Å². The minimum atomic E-state index is -0.503. The number of fused-ring (bicyclic) bond motifs is 1. The van der Waals surface area contributed by atoms with E-state index in [2.05, 4.69) is 17.2 Å². The van der Waals surface area contributed by atoms with Crippen molar-refractivity contribution < 1.29 is 5.11 Å². The SMILES string of the molecule is CC1CC(O)Nc2nc(N)ccc21. The van der Waals surface area contributed by atoms with E-state index in [-0.39, 0.29) is 0 Å². The highest BCUT2D eigenvalue weighted by Gasteiger charge is 2.22. The molecule has 0 spiro atoms. The first-order chi connectivity index (χ1) is 6.16. The lowest BCUT2D eigenvalue weighted by Gasteiger charge is -2.27. The zero-order valence-corrected chi connectivity index (χ0v) is 7.49. The van der Waals surface area contributed by atoms with Gasteiger partial charge in [0.05, 0.1) is 0 Å². The van der Waals surface area contributed by atoms with E-state index >= 15 is 0 Å². The maximum Gasteiger partial charge on any atom is 0.133 e. The fourth-order valence-electron chi connectivity index (χ4n) is 1.68. The molecule has 2 heterocycles. The highest BCUT2D eigenvalue weighted by atomic mass is 16.3. The lowest BCUT2D eigenvalue weighted by atomic mass is 9.94. The van der Waals surface area contributed by atoms with E-state index in [0.29, 0.717) is 17.6 Å². The molecule has 4 N–H and O–H groups in total. The van der Waals surface area contributed by atoms with Gasteiger partial charge < -0.3 is 16.2 Å². The van der Waals surface area contributed by atoms with Crippen molar-refractivity contribution in [1.29, 1.82) is 0 Å². The predicted octanol–water partition coefficient (Wildman–Crippen LogP) is 0.901. The Labute approximate surface area is 76.8 Å². The molecule has 0 bridgehead atoms. The number of nitrogens with two attached hydrogens (primary N) is 1. The molecular weight excluding hydrogens is 166 g/mol. The average molecular weight is 179 g/mol. The zero-order chi connectivity index (χ0) is 9.42. The van der Waals surface area contributed by atoms with Crippen molar-refractivity contribution in [3.8, 4) is 0 Å². The zero-order valence-electron chi connectivity index (χ0n) is 7.49. The Morgan fingerprint density at radius 3 is 3.15 bits per heavy atom. The third-order valence-corrected chi connectivity index (χ3v) is 2.36. The topological polar surface area (TPSA) is 71.2 Å². The van der Waals surface area contributed by atoms with Crippen molar-refractivity contribution in [2.75, 3.05) is 11.1 Å². The second-order valence-electron chi connectivity index (χ2n) is 3.47. The number of nitrogens with one attached hydrogen (secondary N) is 1. The smallest absolute Gasteiger partial charge is 0.133 e. The average Bonchev–Trinajstić information content (AvgIpc) is 2.02. The maximum absolute atomic E-state index is 9.43. The molecule has 4 nitrogen and oxygen atoms in total. The number of anilines is 2. The van der Waals surface area contributed by atoms with Crippen LogP contribution >= 0.6 is 0 Å². The summed E-state index contributed by atoms with van der Waals surface area (Å²) in [5, 5.41) is 12.3. The molecule has 2 unspecified atom stereocenters. The number of aliphatic hydroxyl groups is 1. The molecule has 13 heavy (non-hydrogen) atoms. The van der Waals surface area contributed by atoms with Gasteiger partial charge >= 0.3 is 0 Å². The Bertz CT molecular complexity index is 327. The third kappa shape index (κ3) is 1.45. The number of nitrogen functional groups attached to an aromatic ring is 1. The molecule has 2 atom stereocenters. The van der Waals surface area contributed by atoms with Gasteiger partial charge in [0.1, 0.15) is 17.9 Å². The van der Waals surface area contributed by atoms with Gasteiger partial charge in [-0.2, -0.15) is 0 Å². The molecule has 0 amide bonds. The van der Waals surface area contributed by atoms with Gasteiger partial charge in [0.15, 0.2) is 0 Å². The molecule has 0 aromatic carbocycles. The van der Waals surface area contributed by atoms with Crippen LogP contribution in [0, 0.1) is 0 Å². The van der Waals surface area contributed by atoms with Crippen molar-refractivity contribution in [2.24, 2.45) is 0 Å². The number of pyridine rings is 1. The van der Waals surface area contributed by atoms with Gasteiger partial charge in [-0.25, -0.2) is 4.98 Å². The standard InChI is InChI=1S/C9H13N3O/c1-5-4-8(13)12-9-6(5)2-3-7(10)11-9/h2-3,5,8,13H,4H2,1H3,(H3,10,11,12). The Hall–Kier alpha value is -1.29. The highest BCUT2D eigenvalue weighted by molar-refractivity contribution is 5.53. The molecule has 1 aromatic heterocycles. The predicted molar refractivity (Wildman–Crippen MR) is 51.3 cm³/mol. The summed E-state index contributed by atoms with van der Waals surface area (Å²) < 4.78 is 0. The summed E-state index contributed by atoms with van der Waals surface area (Å²) in [6, 6.07) is 3.75. The number of rotatable bonds is 0. The van der Waals surface area contributed by atoms with E-state index in [9.17, 15) is 5.11 Å². The molecule has 1 aliphatic heterocycles. The van der Waals surface area contributed by atoms with Crippen LogP contribution in [0.25, 0.3) is 0 Å². The fraction of sp³-hybridized carbons (Fsp3) is 0.444. The second-order valence-corrected chi connectivity index (χ2v) is 3.47. The summed E-state index contributed by atoms with van der Waals surface area (Å²) in [6.45, 7) is 2.07. The fourth-order valence-corrected chi connectivity index (χ4v) is 1.68. The normalized spacial score (nSPS) is 26.3. The van der Waals surface area contributed by atoms with Crippen molar-refractivity contribution in [3.63, 3.8) is 0 Å². The van der Waals surface area contributed by atoms with Crippen molar-refractivity contribution in [2.45, 2.75) is 25.5 Å². The van der Waals surface area contributed by atoms with Crippen molar-refractivity contribution in [1.82, 2.24) is 4.98 Å². The van der Waals surface area contributed by atoms with Gasteiger partial charge in [-0.05, 0) is 24.0 Å². The van der Waals surface area contributed by atoms with Crippen LogP contribution in [0.4, 0.5) is 11.6 Å². The number of hydrogen-bond acceptors (Lipinski definition) is 4. The molecule has 0 saturated heterocycles. The number of hydrogen-bond donors (Lipinski definition) is 3. The minimum Gasteiger partial charge on any atom is -0.384 e. The van der Waals surface area contributed by atoms with Crippen LogP contribution < -0.4 is 11.1 Å². The monoisotopic (exact) mass is 179 g/mol. The van der Waals surface area contributed by atoms with E-state index in [1.807, 2.05) is 6.07 Å². The molecule has 0 radical (unpaired) electrons. The molecule has 1 aliphatic rings. The minimum absolute atomic E-state index is 0.333. The summed E-state index contributed by atoms with van der Waals surface area (Å²) in [5.74, 6) is 1.53. The van der Waals surface area contributed by atoms with Crippen LogP contribution in [0.3, 0.4) is 0 Å². The van der Waals surface area contributed by atoms with E-state index in [1.54, 1.807) is 6.07 Å². The van der Waals surface area contributed by atoms with E-state index in [4.69, 9.17) is 5.73 Å². The first-order valence-corrected chi connectivity index (χ1v) is 4.38. The van der Waals surface area contributed by atoms with Crippen LogP contribution in [-0.2, 0) is 0 Å². The first kappa shape index (κ1) is 8.31. The maximum atomic E-state index is 9.43. The van der Waals surface area contributed by atoms with Crippen molar-refractivity contribution >= 4 is 11.6 Å². The van der Waals surface area contributed by atoms with Crippen LogP contribution in [0.1, 0.15) is 24.8 Å². The summed E-state index contributed by atoms with van der Waals surface area (Å²) in [5.41, 5.74) is 6.66. The molecule has 0 aliphatic carbocycles. The van der Waals surface area contributed by atoms with Crippen LogP contribution in [0.5, 0.6) is 0 Å². The molecule has 0 saturated carbocycles. The first-order valence-electron chi connectivity index (χ1n) is 4.38. The number of aliphatic hydroxyl groups excluding tert-OH is 1. The van der Waals surface area contributed by atoms with E-state index in [0.717, 1.165) is 12.0 Å². The Balaban J connectivity index is 2.43. The van der Waals surface area contributed by atoms with Gasteiger partial charge in [0.25, 0.3) is 0 Å². The quantitative estimate of drug-likeness (QED) is 0.553. The molecule has 2 rings (SSSR count). The van der Waals surface area contributed by atoms with Gasteiger partial charge in [0, 0.05) is 0 Å².